The lowest BCUT2D eigenvalue weighted by molar-refractivity contribution is 0.0572. The van der Waals surface area contributed by atoms with Gasteiger partial charge in [0.25, 0.3) is 0 Å². The SMILES string of the molecule is Cc1ccc(/C(N)=N/O)c(N2CC(O)C(O)C2)n1. The number of aryl methyl sites for hydroxylation is 1. The normalized spacial score (nSPS) is 24.6. The summed E-state index contributed by atoms with van der Waals surface area (Å²) in [4.78, 5) is 6.04. The molecule has 2 rings (SSSR count). The first-order valence-electron chi connectivity index (χ1n) is 5.59. The molecule has 1 aromatic rings. The zero-order valence-electron chi connectivity index (χ0n) is 9.98. The predicted octanol–water partition coefficient (Wildman–Crippen LogP) is -0.974. The molecule has 1 aliphatic rings. The van der Waals surface area contributed by atoms with E-state index in [2.05, 4.69) is 10.1 Å². The van der Waals surface area contributed by atoms with Gasteiger partial charge in [0.2, 0.25) is 0 Å². The molecule has 0 spiro atoms. The second kappa shape index (κ2) is 4.79. The van der Waals surface area contributed by atoms with Crippen LogP contribution in [0.5, 0.6) is 0 Å². The average Bonchev–Trinajstić information content (AvgIpc) is 2.68. The van der Waals surface area contributed by atoms with Crippen LogP contribution in [0.25, 0.3) is 0 Å². The van der Waals surface area contributed by atoms with Gasteiger partial charge in [0.1, 0.15) is 5.82 Å². The number of nitrogens with two attached hydrogens (primary N) is 1. The first-order chi connectivity index (χ1) is 8.52. The van der Waals surface area contributed by atoms with Crippen LogP contribution in [0.2, 0.25) is 0 Å². The summed E-state index contributed by atoms with van der Waals surface area (Å²) >= 11 is 0. The molecule has 18 heavy (non-hydrogen) atoms. The largest absolute Gasteiger partial charge is 0.409 e. The van der Waals surface area contributed by atoms with Crippen LogP contribution in [0, 0.1) is 6.92 Å². The molecule has 2 unspecified atom stereocenters. The molecule has 0 radical (unpaired) electrons. The van der Waals surface area contributed by atoms with Crippen LogP contribution in [0.1, 0.15) is 11.3 Å². The van der Waals surface area contributed by atoms with Crippen LogP contribution in [0.4, 0.5) is 5.82 Å². The molecular formula is C11H16N4O3. The molecule has 0 saturated carbocycles. The second-order valence-corrected chi connectivity index (χ2v) is 4.35. The van der Waals surface area contributed by atoms with E-state index < -0.39 is 12.2 Å². The standard InChI is InChI=1S/C11H16N4O3/c1-6-2-3-7(10(12)14-18)11(13-6)15-4-8(16)9(17)5-15/h2-3,8-9,16-18H,4-5H2,1H3,(H2,12,14). The minimum Gasteiger partial charge on any atom is -0.409 e. The van der Waals surface area contributed by atoms with E-state index in [1.807, 2.05) is 6.92 Å². The third-order valence-corrected chi connectivity index (χ3v) is 2.96. The predicted molar refractivity (Wildman–Crippen MR) is 65.7 cm³/mol. The van der Waals surface area contributed by atoms with Gasteiger partial charge in [-0.2, -0.15) is 0 Å². The van der Waals surface area contributed by atoms with Gasteiger partial charge >= 0.3 is 0 Å². The van der Waals surface area contributed by atoms with Crippen LogP contribution >= 0.6 is 0 Å². The Balaban J connectivity index is 2.40. The Morgan fingerprint density at radius 1 is 1.39 bits per heavy atom. The maximum absolute atomic E-state index is 9.56. The van der Waals surface area contributed by atoms with E-state index in [1.165, 1.54) is 0 Å². The highest BCUT2D eigenvalue weighted by atomic mass is 16.4. The van der Waals surface area contributed by atoms with E-state index >= 15 is 0 Å². The summed E-state index contributed by atoms with van der Waals surface area (Å²) in [6.45, 7) is 2.36. The van der Waals surface area contributed by atoms with Gasteiger partial charge in [0.05, 0.1) is 17.8 Å². The molecule has 98 valence electrons. The molecule has 2 heterocycles. The van der Waals surface area contributed by atoms with Crippen LogP contribution in [0.3, 0.4) is 0 Å². The summed E-state index contributed by atoms with van der Waals surface area (Å²) in [7, 11) is 0. The van der Waals surface area contributed by atoms with Crippen molar-refractivity contribution >= 4 is 11.7 Å². The highest BCUT2D eigenvalue weighted by Gasteiger charge is 2.32. The number of amidine groups is 1. The van der Waals surface area contributed by atoms with Gasteiger partial charge in [0.15, 0.2) is 5.84 Å². The van der Waals surface area contributed by atoms with Gasteiger partial charge in [-0.15, -0.1) is 0 Å². The van der Waals surface area contributed by atoms with E-state index in [9.17, 15) is 10.2 Å². The van der Waals surface area contributed by atoms with E-state index in [1.54, 1.807) is 17.0 Å². The van der Waals surface area contributed by atoms with Gasteiger partial charge in [-0.3, -0.25) is 0 Å². The number of rotatable bonds is 2. The van der Waals surface area contributed by atoms with Crippen LogP contribution in [0.15, 0.2) is 17.3 Å². The van der Waals surface area contributed by atoms with Gasteiger partial charge in [-0.25, -0.2) is 4.98 Å². The number of pyridine rings is 1. The first-order valence-corrected chi connectivity index (χ1v) is 5.59. The summed E-state index contributed by atoms with van der Waals surface area (Å²) in [6.07, 6.45) is -1.63. The lowest BCUT2D eigenvalue weighted by atomic mass is 10.2. The van der Waals surface area contributed by atoms with Crippen molar-refractivity contribution in [2.45, 2.75) is 19.1 Å². The number of anilines is 1. The van der Waals surface area contributed by atoms with Crippen molar-refractivity contribution in [3.8, 4) is 0 Å². The maximum atomic E-state index is 9.56. The van der Waals surface area contributed by atoms with Gasteiger partial charge < -0.3 is 26.1 Å². The summed E-state index contributed by atoms with van der Waals surface area (Å²) in [6, 6.07) is 3.45. The summed E-state index contributed by atoms with van der Waals surface area (Å²) in [5.41, 5.74) is 6.84. The topological polar surface area (TPSA) is 115 Å². The Kier molecular flexibility index (Phi) is 3.35. The molecule has 2 atom stereocenters. The number of hydrogen-bond donors (Lipinski definition) is 4. The number of aliphatic hydroxyl groups is 2. The van der Waals surface area contributed by atoms with Crippen molar-refractivity contribution in [3.05, 3.63) is 23.4 Å². The third kappa shape index (κ3) is 2.22. The fourth-order valence-corrected chi connectivity index (χ4v) is 1.98. The fourth-order valence-electron chi connectivity index (χ4n) is 1.98. The monoisotopic (exact) mass is 252 g/mol. The molecule has 0 bridgehead atoms. The quantitative estimate of drug-likeness (QED) is 0.233. The van der Waals surface area contributed by atoms with Crippen molar-refractivity contribution in [2.75, 3.05) is 18.0 Å². The first kappa shape index (κ1) is 12.6. The molecule has 7 nitrogen and oxygen atoms in total. The molecule has 1 aliphatic heterocycles. The Morgan fingerprint density at radius 3 is 2.56 bits per heavy atom. The van der Waals surface area contributed by atoms with Crippen LogP contribution in [-0.2, 0) is 0 Å². The lowest BCUT2D eigenvalue weighted by Crippen LogP contribution is -2.27. The third-order valence-electron chi connectivity index (χ3n) is 2.96. The molecule has 0 aromatic carbocycles. The van der Waals surface area contributed by atoms with E-state index in [-0.39, 0.29) is 18.9 Å². The van der Waals surface area contributed by atoms with Crippen molar-refractivity contribution in [3.63, 3.8) is 0 Å². The molecule has 7 heteroatoms. The summed E-state index contributed by atoms with van der Waals surface area (Å²) < 4.78 is 0. The number of oxime groups is 1. The highest BCUT2D eigenvalue weighted by Crippen LogP contribution is 2.23. The summed E-state index contributed by atoms with van der Waals surface area (Å²) in [5, 5.41) is 30.8. The number of aliphatic hydroxyl groups excluding tert-OH is 2. The Labute approximate surface area is 104 Å². The second-order valence-electron chi connectivity index (χ2n) is 4.35. The minimum atomic E-state index is -0.813. The van der Waals surface area contributed by atoms with E-state index in [4.69, 9.17) is 10.9 Å². The highest BCUT2D eigenvalue weighted by molar-refractivity contribution is 6.01. The number of β-amino-alcohol motifs (C(OH)–C–C–N with tert-alkyl or cyclic N) is 2. The van der Waals surface area contributed by atoms with Gasteiger partial charge in [0, 0.05) is 18.8 Å². The number of hydrogen-bond acceptors (Lipinski definition) is 6. The molecule has 5 N–H and O–H groups in total. The molecular weight excluding hydrogens is 236 g/mol. The Morgan fingerprint density at radius 2 is 2.00 bits per heavy atom. The van der Waals surface area contributed by atoms with Crippen LogP contribution < -0.4 is 10.6 Å². The van der Waals surface area contributed by atoms with Gasteiger partial charge in [-0.1, -0.05) is 5.16 Å². The van der Waals surface area contributed by atoms with Crippen molar-refractivity contribution < 1.29 is 15.4 Å². The van der Waals surface area contributed by atoms with Crippen molar-refractivity contribution in [2.24, 2.45) is 10.9 Å². The van der Waals surface area contributed by atoms with Gasteiger partial charge in [-0.05, 0) is 19.1 Å². The summed E-state index contributed by atoms with van der Waals surface area (Å²) in [5.74, 6) is 0.453. The van der Waals surface area contributed by atoms with E-state index in [0.717, 1.165) is 5.69 Å². The zero-order chi connectivity index (χ0) is 13.3. The number of aromatic nitrogens is 1. The molecule has 0 amide bonds. The minimum absolute atomic E-state index is 0.0478. The van der Waals surface area contributed by atoms with Crippen LogP contribution in [-0.4, -0.2) is 51.5 Å². The smallest absolute Gasteiger partial charge is 0.173 e. The van der Waals surface area contributed by atoms with Crippen molar-refractivity contribution in [1.29, 1.82) is 0 Å². The zero-order valence-corrected chi connectivity index (χ0v) is 9.98. The Bertz CT molecular complexity index is 467. The maximum Gasteiger partial charge on any atom is 0.173 e. The molecule has 0 aliphatic carbocycles. The molecule has 1 fully saturated rings. The Hall–Kier alpha value is -1.86. The molecule has 1 aromatic heterocycles. The lowest BCUT2D eigenvalue weighted by Gasteiger charge is -2.20. The molecule has 1 saturated heterocycles. The van der Waals surface area contributed by atoms with E-state index in [0.29, 0.717) is 11.4 Å². The van der Waals surface area contributed by atoms with Crippen molar-refractivity contribution in [1.82, 2.24) is 4.98 Å². The fraction of sp³-hybridized carbons (Fsp3) is 0.455. The number of nitrogens with zero attached hydrogens (tertiary/aromatic N) is 3. The average molecular weight is 252 g/mol.